The van der Waals surface area contributed by atoms with Crippen molar-refractivity contribution in [1.82, 2.24) is 0 Å². The Balaban J connectivity index is 2.72. The summed E-state index contributed by atoms with van der Waals surface area (Å²) < 4.78 is 5.24. The number of nitrogen functional groups attached to an aromatic ring is 1. The first-order chi connectivity index (χ1) is 5.74. The second kappa shape index (κ2) is 3.97. The molecule has 1 aromatic carbocycles. The van der Waals surface area contributed by atoms with Crippen molar-refractivity contribution in [1.29, 1.82) is 0 Å². The van der Waals surface area contributed by atoms with Gasteiger partial charge in [-0.15, -0.1) is 0 Å². The maximum atomic E-state index is 8.52. The summed E-state index contributed by atoms with van der Waals surface area (Å²) in [5, 5.41) is 8.52. The number of ether oxygens (including phenoxy) is 1. The van der Waals surface area contributed by atoms with Gasteiger partial charge in [0.2, 0.25) is 0 Å². The Morgan fingerprint density at radius 1 is 1.50 bits per heavy atom. The average Bonchev–Trinajstić information content (AvgIpc) is 2.03. The molecule has 0 aromatic heterocycles. The highest BCUT2D eigenvalue weighted by Gasteiger charge is 1.97. The first-order valence-corrected chi connectivity index (χ1v) is 3.84. The summed E-state index contributed by atoms with van der Waals surface area (Å²) in [7, 11) is 0. The van der Waals surface area contributed by atoms with Crippen molar-refractivity contribution in [2.45, 2.75) is 6.92 Å². The van der Waals surface area contributed by atoms with E-state index >= 15 is 0 Å². The first-order valence-electron chi connectivity index (χ1n) is 3.84. The van der Waals surface area contributed by atoms with Gasteiger partial charge in [0.1, 0.15) is 12.4 Å². The highest BCUT2D eigenvalue weighted by atomic mass is 16.5. The molecule has 0 aliphatic carbocycles. The molecular weight excluding hydrogens is 154 g/mol. The summed E-state index contributed by atoms with van der Waals surface area (Å²) in [6.45, 7) is 2.28. The number of hydrogen-bond acceptors (Lipinski definition) is 3. The highest BCUT2D eigenvalue weighted by Crippen LogP contribution is 2.19. The Bertz CT molecular complexity index is 261. The maximum absolute atomic E-state index is 8.52. The molecular formula is C9H13NO2. The second-order valence-corrected chi connectivity index (χ2v) is 2.60. The molecule has 3 nitrogen and oxygen atoms in total. The molecule has 0 saturated heterocycles. The van der Waals surface area contributed by atoms with Gasteiger partial charge in [-0.1, -0.05) is 0 Å². The van der Waals surface area contributed by atoms with Crippen molar-refractivity contribution < 1.29 is 9.84 Å². The lowest BCUT2D eigenvalue weighted by molar-refractivity contribution is 0.200. The van der Waals surface area contributed by atoms with E-state index in [0.29, 0.717) is 6.61 Å². The molecule has 0 amide bonds. The Labute approximate surface area is 71.8 Å². The minimum Gasteiger partial charge on any atom is -0.491 e. The van der Waals surface area contributed by atoms with Crippen LogP contribution in [0.1, 0.15) is 5.56 Å². The van der Waals surface area contributed by atoms with Gasteiger partial charge < -0.3 is 15.6 Å². The maximum Gasteiger partial charge on any atom is 0.122 e. The molecule has 0 unspecified atom stereocenters. The van der Waals surface area contributed by atoms with Crippen LogP contribution in [0.25, 0.3) is 0 Å². The number of aliphatic hydroxyl groups is 1. The lowest BCUT2D eigenvalue weighted by Crippen LogP contribution is -2.02. The van der Waals surface area contributed by atoms with Crippen molar-refractivity contribution in [3.63, 3.8) is 0 Å². The number of aliphatic hydroxyl groups excluding tert-OH is 1. The van der Waals surface area contributed by atoms with Crippen molar-refractivity contribution >= 4 is 5.69 Å². The normalized spacial score (nSPS) is 9.83. The summed E-state index contributed by atoms with van der Waals surface area (Å²) in [6, 6.07) is 5.42. The van der Waals surface area contributed by atoms with Crippen LogP contribution in [-0.2, 0) is 0 Å². The molecule has 0 bridgehead atoms. The molecule has 0 saturated carbocycles. The van der Waals surface area contributed by atoms with E-state index < -0.39 is 0 Å². The Morgan fingerprint density at radius 3 is 2.83 bits per heavy atom. The zero-order valence-corrected chi connectivity index (χ0v) is 7.08. The monoisotopic (exact) mass is 167 g/mol. The number of anilines is 1. The van der Waals surface area contributed by atoms with Crippen LogP contribution in [-0.4, -0.2) is 18.3 Å². The molecule has 1 aromatic rings. The Hall–Kier alpha value is -1.22. The fourth-order valence-electron chi connectivity index (χ4n) is 0.990. The van der Waals surface area contributed by atoms with E-state index in [1.165, 1.54) is 0 Å². The van der Waals surface area contributed by atoms with Crippen LogP contribution < -0.4 is 10.5 Å². The van der Waals surface area contributed by atoms with E-state index in [2.05, 4.69) is 0 Å². The molecule has 3 heteroatoms. The van der Waals surface area contributed by atoms with E-state index in [1.54, 1.807) is 12.1 Å². The zero-order valence-electron chi connectivity index (χ0n) is 7.08. The molecule has 1 rings (SSSR count). The fraction of sp³-hybridized carbons (Fsp3) is 0.333. The van der Waals surface area contributed by atoms with Gasteiger partial charge in [-0.2, -0.15) is 0 Å². The largest absolute Gasteiger partial charge is 0.491 e. The summed E-state index contributed by atoms with van der Waals surface area (Å²) in [5.74, 6) is 0.776. The van der Waals surface area contributed by atoms with Crippen LogP contribution in [0.5, 0.6) is 5.75 Å². The van der Waals surface area contributed by atoms with Crippen LogP contribution in [0.2, 0.25) is 0 Å². The van der Waals surface area contributed by atoms with E-state index in [0.717, 1.165) is 17.0 Å². The van der Waals surface area contributed by atoms with Crippen molar-refractivity contribution in [2.24, 2.45) is 0 Å². The van der Waals surface area contributed by atoms with Crippen molar-refractivity contribution in [2.75, 3.05) is 18.9 Å². The predicted octanol–water partition coefficient (Wildman–Crippen LogP) is 0.948. The molecule has 0 heterocycles. The van der Waals surface area contributed by atoms with E-state index in [4.69, 9.17) is 15.6 Å². The molecule has 3 N–H and O–H groups in total. The van der Waals surface area contributed by atoms with Crippen LogP contribution in [0.4, 0.5) is 5.69 Å². The van der Waals surface area contributed by atoms with Gasteiger partial charge in [0, 0.05) is 5.69 Å². The quantitative estimate of drug-likeness (QED) is 0.659. The van der Waals surface area contributed by atoms with E-state index in [1.807, 2.05) is 13.0 Å². The average molecular weight is 167 g/mol. The van der Waals surface area contributed by atoms with Gasteiger partial charge in [-0.25, -0.2) is 0 Å². The predicted molar refractivity (Wildman–Crippen MR) is 48.2 cm³/mol. The van der Waals surface area contributed by atoms with Gasteiger partial charge in [0.05, 0.1) is 6.61 Å². The molecule has 0 aliphatic rings. The van der Waals surface area contributed by atoms with Gasteiger partial charge in [0.15, 0.2) is 0 Å². The zero-order chi connectivity index (χ0) is 8.97. The lowest BCUT2D eigenvalue weighted by Gasteiger charge is -2.07. The van der Waals surface area contributed by atoms with Crippen LogP contribution >= 0.6 is 0 Å². The Morgan fingerprint density at radius 2 is 2.25 bits per heavy atom. The summed E-state index contributed by atoms with van der Waals surface area (Å²) >= 11 is 0. The Kier molecular flexibility index (Phi) is 2.94. The standard InChI is InChI=1S/C9H13NO2/c1-7-6-8(10)2-3-9(7)12-5-4-11/h2-3,6,11H,4-5,10H2,1H3. The number of aryl methyl sites for hydroxylation is 1. The van der Waals surface area contributed by atoms with Gasteiger partial charge in [-0.05, 0) is 30.7 Å². The van der Waals surface area contributed by atoms with E-state index in [-0.39, 0.29) is 6.61 Å². The lowest BCUT2D eigenvalue weighted by atomic mass is 10.2. The number of benzene rings is 1. The third-order valence-corrected chi connectivity index (χ3v) is 1.55. The molecule has 0 atom stereocenters. The molecule has 66 valence electrons. The number of hydrogen-bond donors (Lipinski definition) is 2. The third-order valence-electron chi connectivity index (χ3n) is 1.55. The van der Waals surface area contributed by atoms with Crippen LogP contribution in [0.3, 0.4) is 0 Å². The summed E-state index contributed by atoms with van der Waals surface area (Å²) in [6.07, 6.45) is 0. The van der Waals surface area contributed by atoms with Crippen LogP contribution in [0, 0.1) is 6.92 Å². The van der Waals surface area contributed by atoms with E-state index in [9.17, 15) is 0 Å². The SMILES string of the molecule is Cc1cc(N)ccc1OCCO. The summed E-state index contributed by atoms with van der Waals surface area (Å²) in [5.41, 5.74) is 7.27. The van der Waals surface area contributed by atoms with Crippen molar-refractivity contribution in [3.05, 3.63) is 23.8 Å². The van der Waals surface area contributed by atoms with Gasteiger partial charge >= 0.3 is 0 Å². The third kappa shape index (κ3) is 2.13. The molecule has 0 fully saturated rings. The van der Waals surface area contributed by atoms with Crippen molar-refractivity contribution in [3.8, 4) is 5.75 Å². The molecule has 12 heavy (non-hydrogen) atoms. The molecule has 0 aliphatic heterocycles. The molecule has 0 spiro atoms. The highest BCUT2D eigenvalue weighted by molar-refractivity contribution is 5.47. The second-order valence-electron chi connectivity index (χ2n) is 2.60. The summed E-state index contributed by atoms with van der Waals surface area (Å²) in [4.78, 5) is 0. The number of nitrogens with two attached hydrogens (primary N) is 1. The van der Waals surface area contributed by atoms with Gasteiger partial charge in [-0.3, -0.25) is 0 Å². The molecule has 0 radical (unpaired) electrons. The number of rotatable bonds is 3. The fourth-order valence-corrected chi connectivity index (χ4v) is 0.990. The minimum absolute atomic E-state index is 0.0316. The van der Waals surface area contributed by atoms with Gasteiger partial charge in [0.25, 0.3) is 0 Å². The smallest absolute Gasteiger partial charge is 0.122 e. The first kappa shape index (κ1) is 8.87. The minimum atomic E-state index is 0.0316. The van der Waals surface area contributed by atoms with Crippen LogP contribution in [0.15, 0.2) is 18.2 Å². The topological polar surface area (TPSA) is 55.5 Å².